The average Bonchev–Trinajstić information content (AvgIpc) is 3.72. The van der Waals surface area contributed by atoms with Crippen LogP contribution in [0.3, 0.4) is 0 Å². The fraction of sp³-hybridized carbons (Fsp3) is 0. The highest BCUT2D eigenvalue weighted by atomic mass is 16.3. The van der Waals surface area contributed by atoms with E-state index in [0.29, 0.717) is 0 Å². The Kier molecular flexibility index (Phi) is 7.37. The van der Waals surface area contributed by atoms with Gasteiger partial charge < -0.3 is 4.42 Å². The van der Waals surface area contributed by atoms with E-state index in [2.05, 4.69) is 218 Å². The second-order valence-corrected chi connectivity index (χ2v) is 16.3. The molecule has 0 aliphatic carbocycles. The van der Waals surface area contributed by atoms with Crippen molar-refractivity contribution in [3.8, 4) is 44.5 Å². The van der Waals surface area contributed by atoms with Gasteiger partial charge in [0.05, 0.1) is 0 Å². The molecule has 0 radical (unpaired) electrons. The van der Waals surface area contributed by atoms with Crippen molar-refractivity contribution in [1.29, 1.82) is 0 Å². The molecule has 0 bridgehead atoms. The summed E-state index contributed by atoms with van der Waals surface area (Å²) in [5, 5.41) is 17.2. The van der Waals surface area contributed by atoms with Crippen molar-refractivity contribution in [2.75, 3.05) is 0 Å². The Morgan fingerprint density at radius 3 is 1.39 bits per heavy atom. The summed E-state index contributed by atoms with van der Waals surface area (Å²) in [6.45, 7) is 0. The summed E-state index contributed by atoms with van der Waals surface area (Å²) in [5.41, 5.74) is 11.3. The molecule has 0 aliphatic rings. The summed E-state index contributed by atoms with van der Waals surface area (Å²) in [6.07, 6.45) is 0. The first kappa shape index (κ1) is 33.9. The summed E-state index contributed by atoms with van der Waals surface area (Å²) >= 11 is 0. The van der Waals surface area contributed by atoms with Gasteiger partial charge in [0.25, 0.3) is 0 Å². The second kappa shape index (κ2) is 13.3. The summed E-state index contributed by atoms with van der Waals surface area (Å²) in [6, 6.07) is 80.2. The molecule has 61 heavy (non-hydrogen) atoms. The Morgan fingerprint density at radius 2 is 0.705 bits per heavy atom. The normalized spacial score (nSPS) is 11.9. The van der Waals surface area contributed by atoms with E-state index in [1.807, 2.05) is 0 Å². The number of para-hydroxylation sites is 2. The Labute approximate surface area is 352 Å². The first-order chi connectivity index (χ1) is 30.3. The van der Waals surface area contributed by atoms with Crippen LogP contribution in [0.25, 0.3) is 131 Å². The molecule has 1 heterocycles. The van der Waals surface area contributed by atoms with Crippen molar-refractivity contribution >= 4 is 86.6 Å². The molecule has 0 aliphatic heterocycles. The van der Waals surface area contributed by atoms with Crippen molar-refractivity contribution in [1.82, 2.24) is 0 Å². The lowest BCUT2D eigenvalue weighted by Crippen LogP contribution is -1.96. The summed E-state index contributed by atoms with van der Waals surface area (Å²) in [7, 11) is 0. The predicted octanol–water partition coefficient (Wildman–Crippen LogP) is 17.2. The van der Waals surface area contributed by atoms with Gasteiger partial charge in [-0.05, 0) is 122 Å². The van der Waals surface area contributed by atoms with Crippen molar-refractivity contribution in [3.63, 3.8) is 0 Å². The van der Waals surface area contributed by atoms with Gasteiger partial charge in [0, 0.05) is 16.3 Å². The molecule has 1 aromatic heterocycles. The molecule has 1 nitrogen and oxygen atoms in total. The Balaban J connectivity index is 1.16. The van der Waals surface area contributed by atoms with E-state index >= 15 is 0 Å². The lowest BCUT2D eigenvalue weighted by molar-refractivity contribution is 0.670. The predicted molar refractivity (Wildman–Crippen MR) is 260 cm³/mol. The molecule has 13 aromatic rings. The van der Waals surface area contributed by atoms with E-state index < -0.39 is 0 Å². The molecule has 0 atom stereocenters. The molecule has 0 amide bonds. The molecule has 0 fully saturated rings. The molecule has 12 aromatic carbocycles. The van der Waals surface area contributed by atoms with E-state index in [1.165, 1.54) is 98.0 Å². The molecule has 0 spiro atoms. The summed E-state index contributed by atoms with van der Waals surface area (Å²) in [5.74, 6) is 0. The Hall–Kier alpha value is -8.00. The summed E-state index contributed by atoms with van der Waals surface area (Å²) in [4.78, 5) is 0. The number of hydrogen-bond donors (Lipinski definition) is 0. The van der Waals surface area contributed by atoms with E-state index in [9.17, 15) is 0 Å². The van der Waals surface area contributed by atoms with Gasteiger partial charge in [0.2, 0.25) is 0 Å². The highest BCUT2D eigenvalue weighted by Crippen LogP contribution is 2.51. The third-order valence-electron chi connectivity index (χ3n) is 13.0. The highest BCUT2D eigenvalue weighted by molar-refractivity contribution is 6.28. The number of furan rings is 1. The van der Waals surface area contributed by atoms with Crippen LogP contribution < -0.4 is 0 Å². The third kappa shape index (κ3) is 5.08. The zero-order valence-corrected chi connectivity index (χ0v) is 33.2. The largest absolute Gasteiger partial charge is 0.455 e. The smallest absolute Gasteiger partial charge is 0.143 e. The summed E-state index contributed by atoms with van der Waals surface area (Å²) < 4.78 is 6.78. The monoisotopic (exact) mass is 772 g/mol. The molecule has 0 saturated heterocycles. The maximum atomic E-state index is 6.78. The lowest BCUT2D eigenvalue weighted by Gasteiger charge is -2.23. The van der Waals surface area contributed by atoms with Crippen LogP contribution in [-0.2, 0) is 0 Å². The van der Waals surface area contributed by atoms with Crippen LogP contribution in [0.2, 0.25) is 0 Å². The first-order valence-corrected chi connectivity index (χ1v) is 21.1. The van der Waals surface area contributed by atoms with E-state index in [0.717, 1.165) is 33.1 Å². The van der Waals surface area contributed by atoms with Crippen molar-refractivity contribution in [2.45, 2.75) is 0 Å². The first-order valence-electron chi connectivity index (χ1n) is 21.1. The second-order valence-electron chi connectivity index (χ2n) is 16.3. The molecule has 13 rings (SSSR count). The SMILES string of the molecule is c1cc(-c2ccc3ccccc3c2)c(-c2c3ccccc3c(-c3ccc4c5ccccc5c5ccccc5c4c3)c3ccccc23)c(-c2cccc3c2oc2ccccc23)c1. The van der Waals surface area contributed by atoms with Gasteiger partial charge in [-0.3, -0.25) is 0 Å². The van der Waals surface area contributed by atoms with Crippen LogP contribution in [0.4, 0.5) is 0 Å². The number of fused-ring (bicyclic) bond motifs is 12. The van der Waals surface area contributed by atoms with Crippen molar-refractivity contribution in [2.24, 2.45) is 0 Å². The fourth-order valence-electron chi connectivity index (χ4n) is 10.4. The number of benzene rings is 12. The molecule has 1 heteroatoms. The minimum atomic E-state index is 0.897. The molecule has 282 valence electrons. The zero-order valence-electron chi connectivity index (χ0n) is 33.2. The minimum absolute atomic E-state index is 0.897. The zero-order chi connectivity index (χ0) is 40.0. The number of rotatable bonds is 4. The van der Waals surface area contributed by atoms with Crippen molar-refractivity contribution < 1.29 is 4.42 Å². The fourth-order valence-corrected chi connectivity index (χ4v) is 10.4. The topological polar surface area (TPSA) is 13.1 Å². The van der Waals surface area contributed by atoms with Crippen LogP contribution in [0.1, 0.15) is 0 Å². The lowest BCUT2D eigenvalue weighted by atomic mass is 9.80. The molecular weight excluding hydrogens is 737 g/mol. The Morgan fingerprint density at radius 1 is 0.230 bits per heavy atom. The highest BCUT2D eigenvalue weighted by Gasteiger charge is 2.24. The quantitative estimate of drug-likeness (QED) is 0.128. The molecule has 0 unspecified atom stereocenters. The van der Waals surface area contributed by atoms with Gasteiger partial charge in [-0.2, -0.15) is 0 Å². The third-order valence-corrected chi connectivity index (χ3v) is 13.0. The minimum Gasteiger partial charge on any atom is -0.455 e. The van der Waals surface area contributed by atoms with Gasteiger partial charge in [0.15, 0.2) is 0 Å². The molecular formula is C60H36O. The van der Waals surface area contributed by atoms with Crippen LogP contribution in [0.5, 0.6) is 0 Å². The van der Waals surface area contributed by atoms with E-state index in [1.54, 1.807) is 0 Å². The van der Waals surface area contributed by atoms with Crippen molar-refractivity contribution in [3.05, 3.63) is 218 Å². The van der Waals surface area contributed by atoms with Gasteiger partial charge in [-0.1, -0.05) is 200 Å². The molecule has 0 saturated carbocycles. The molecule has 0 N–H and O–H groups in total. The average molecular weight is 773 g/mol. The standard InChI is InChI=1S/C60H36O/c1-2-16-38-35-39(32-31-37(38)15-1)41-26-13-27-52(54-29-14-28-53-47-21-11-12-30-56(47)61-60(53)54)58(41)59-50-24-9-7-22-48(50)57(49-23-8-10-25-51(49)59)40-33-34-46-44-19-4-3-17-42(44)43-18-5-6-20-45(43)55(46)36-40/h1-36H. The Bertz CT molecular complexity index is 3850. The maximum absolute atomic E-state index is 6.78. The van der Waals surface area contributed by atoms with Crippen LogP contribution >= 0.6 is 0 Å². The van der Waals surface area contributed by atoms with Gasteiger partial charge in [0.1, 0.15) is 11.2 Å². The van der Waals surface area contributed by atoms with Crippen LogP contribution in [-0.4, -0.2) is 0 Å². The van der Waals surface area contributed by atoms with Crippen LogP contribution in [0, 0.1) is 0 Å². The van der Waals surface area contributed by atoms with Crippen LogP contribution in [0.15, 0.2) is 223 Å². The number of hydrogen-bond acceptors (Lipinski definition) is 1. The maximum Gasteiger partial charge on any atom is 0.143 e. The van der Waals surface area contributed by atoms with Gasteiger partial charge >= 0.3 is 0 Å². The van der Waals surface area contributed by atoms with Gasteiger partial charge in [-0.15, -0.1) is 0 Å². The van der Waals surface area contributed by atoms with E-state index in [-0.39, 0.29) is 0 Å². The van der Waals surface area contributed by atoms with Gasteiger partial charge in [-0.25, -0.2) is 0 Å². The van der Waals surface area contributed by atoms with E-state index in [4.69, 9.17) is 4.42 Å².